The Kier molecular flexibility index (Phi) is 5.36. The number of methoxy groups -OCH3 is 1. The molecule has 0 atom stereocenters. The van der Waals surface area contributed by atoms with Gasteiger partial charge in [-0.25, -0.2) is 9.48 Å². The van der Waals surface area contributed by atoms with Crippen LogP contribution in [0.1, 0.15) is 16.8 Å². The molecule has 2 aromatic carbocycles. The summed E-state index contributed by atoms with van der Waals surface area (Å²) in [6.45, 7) is 0.286. The van der Waals surface area contributed by atoms with E-state index in [1.807, 2.05) is 30.3 Å². The van der Waals surface area contributed by atoms with Gasteiger partial charge in [-0.3, -0.25) is 10.1 Å². The Morgan fingerprint density at radius 3 is 2.70 bits per heavy atom. The summed E-state index contributed by atoms with van der Waals surface area (Å²) in [5.74, 6) is -0.527. The maximum Gasteiger partial charge on any atom is 0.340 e. The number of carbonyl (C=O) groups is 1. The Labute approximate surface area is 154 Å². The van der Waals surface area contributed by atoms with E-state index in [9.17, 15) is 14.9 Å². The minimum Gasteiger partial charge on any atom is -0.465 e. The van der Waals surface area contributed by atoms with Crippen molar-refractivity contribution >= 4 is 23.3 Å². The fourth-order valence-electron chi connectivity index (χ4n) is 2.52. The van der Waals surface area contributed by atoms with Gasteiger partial charge >= 0.3 is 5.97 Å². The van der Waals surface area contributed by atoms with Crippen LogP contribution in [-0.2, 0) is 16.1 Å². The first kappa shape index (κ1) is 18.0. The number of ether oxygens (including phenoxy) is 1. The summed E-state index contributed by atoms with van der Waals surface area (Å²) in [7, 11) is 1.30. The lowest BCUT2D eigenvalue weighted by atomic mass is 10.1. The molecule has 1 heterocycles. The molecule has 1 aromatic heterocycles. The van der Waals surface area contributed by atoms with Gasteiger partial charge in [-0.2, -0.15) is 0 Å². The average molecular weight is 364 g/mol. The average Bonchev–Trinajstić information content (AvgIpc) is 3.14. The molecule has 0 N–H and O–H groups in total. The Morgan fingerprint density at radius 1 is 1.22 bits per heavy atom. The van der Waals surface area contributed by atoms with Crippen molar-refractivity contribution < 1.29 is 14.5 Å². The largest absolute Gasteiger partial charge is 0.465 e. The van der Waals surface area contributed by atoms with E-state index < -0.39 is 10.9 Å². The summed E-state index contributed by atoms with van der Waals surface area (Å²) in [5, 5.41) is 19.0. The summed E-state index contributed by atoms with van der Waals surface area (Å²) in [6.07, 6.45) is 3.28. The van der Waals surface area contributed by atoms with Crippen molar-refractivity contribution in [2.45, 2.75) is 6.54 Å². The lowest BCUT2D eigenvalue weighted by Gasteiger charge is -2.03. The van der Waals surface area contributed by atoms with Gasteiger partial charge in [0.05, 0.1) is 30.3 Å². The summed E-state index contributed by atoms with van der Waals surface area (Å²) in [5.41, 5.74) is 2.16. The zero-order chi connectivity index (χ0) is 19.2. The standard InChI is InChI=1S/C19H16N4O4/c1-27-19(24)17(11-14-6-3-2-4-7-14)18-13-22(21-20-18)12-15-8-5-9-16(10-15)23(25)26/h2-11,13H,12H2,1H3. The van der Waals surface area contributed by atoms with Gasteiger partial charge in [0, 0.05) is 12.1 Å². The topological polar surface area (TPSA) is 100 Å². The molecule has 8 nitrogen and oxygen atoms in total. The van der Waals surface area contributed by atoms with Crippen LogP contribution in [0.3, 0.4) is 0 Å². The molecular weight excluding hydrogens is 348 g/mol. The van der Waals surface area contributed by atoms with Gasteiger partial charge in [-0.15, -0.1) is 5.10 Å². The van der Waals surface area contributed by atoms with Gasteiger partial charge in [-0.05, 0) is 17.2 Å². The van der Waals surface area contributed by atoms with Crippen LogP contribution in [0, 0.1) is 10.1 Å². The second-order valence-electron chi connectivity index (χ2n) is 5.69. The van der Waals surface area contributed by atoms with Crippen LogP contribution in [0.15, 0.2) is 60.8 Å². The third kappa shape index (κ3) is 4.43. The Morgan fingerprint density at radius 2 is 2.00 bits per heavy atom. The first-order chi connectivity index (χ1) is 13.1. The molecule has 0 saturated carbocycles. The summed E-state index contributed by atoms with van der Waals surface area (Å²) < 4.78 is 6.36. The monoisotopic (exact) mass is 364 g/mol. The van der Waals surface area contributed by atoms with Crippen molar-refractivity contribution in [2.24, 2.45) is 0 Å². The fourth-order valence-corrected chi connectivity index (χ4v) is 2.52. The zero-order valence-corrected chi connectivity index (χ0v) is 14.5. The summed E-state index contributed by atoms with van der Waals surface area (Å²) >= 11 is 0. The molecule has 0 radical (unpaired) electrons. The van der Waals surface area contributed by atoms with E-state index in [1.165, 1.54) is 23.9 Å². The maximum atomic E-state index is 12.2. The Balaban J connectivity index is 1.88. The number of nitro groups is 1. The number of non-ortho nitro benzene ring substituents is 1. The van der Waals surface area contributed by atoms with E-state index in [4.69, 9.17) is 4.74 Å². The van der Waals surface area contributed by atoms with Gasteiger partial charge in [0.2, 0.25) is 0 Å². The van der Waals surface area contributed by atoms with Gasteiger partial charge in [0.25, 0.3) is 5.69 Å². The number of carbonyl (C=O) groups excluding carboxylic acids is 1. The highest BCUT2D eigenvalue weighted by atomic mass is 16.6. The van der Waals surface area contributed by atoms with E-state index >= 15 is 0 Å². The van der Waals surface area contributed by atoms with Crippen LogP contribution in [0.4, 0.5) is 5.69 Å². The molecule has 27 heavy (non-hydrogen) atoms. The molecule has 0 aliphatic carbocycles. The van der Waals surface area contributed by atoms with Gasteiger partial charge < -0.3 is 4.74 Å². The number of rotatable bonds is 6. The molecular formula is C19H16N4O4. The third-order valence-corrected chi connectivity index (χ3v) is 3.80. The van der Waals surface area contributed by atoms with E-state index in [-0.39, 0.29) is 17.8 Å². The highest BCUT2D eigenvalue weighted by Crippen LogP contribution is 2.19. The predicted molar refractivity (Wildman–Crippen MR) is 98.5 cm³/mol. The number of esters is 1. The van der Waals surface area contributed by atoms with E-state index in [0.717, 1.165) is 5.56 Å². The van der Waals surface area contributed by atoms with Crippen LogP contribution in [0.2, 0.25) is 0 Å². The molecule has 0 unspecified atom stereocenters. The SMILES string of the molecule is COC(=O)C(=Cc1ccccc1)c1cn(Cc2cccc([N+](=O)[O-])c2)nn1. The molecule has 0 fully saturated rings. The fraction of sp³-hybridized carbons (Fsp3) is 0.105. The van der Waals surface area contributed by atoms with Crippen LogP contribution < -0.4 is 0 Å². The molecule has 3 aromatic rings. The van der Waals surface area contributed by atoms with Gasteiger partial charge in [0.1, 0.15) is 5.69 Å². The van der Waals surface area contributed by atoms with Gasteiger partial charge in [-0.1, -0.05) is 47.7 Å². The van der Waals surface area contributed by atoms with Crippen molar-refractivity contribution in [1.29, 1.82) is 0 Å². The molecule has 136 valence electrons. The van der Waals surface area contributed by atoms with Crippen molar-refractivity contribution in [3.63, 3.8) is 0 Å². The van der Waals surface area contributed by atoms with Gasteiger partial charge in [0.15, 0.2) is 0 Å². The molecule has 0 amide bonds. The normalized spacial score (nSPS) is 11.2. The molecule has 0 spiro atoms. The molecule has 0 aliphatic heterocycles. The van der Waals surface area contributed by atoms with Crippen LogP contribution in [0.25, 0.3) is 11.6 Å². The number of hydrogen-bond acceptors (Lipinski definition) is 6. The maximum absolute atomic E-state index is 12.2. The van der Waals surface area contributed by atoms with Crippen LogP contribution in [-0.4, -0.2) is 33.0 Å². The minimum absolute atomic E-state index is 0.00654. The molecule has 3 rings (SSSR count). The summed E-state index contributed by atoms with van der Waals surface area (Å²) in [4.78, 5) is 22.6. The number of nitro benzene ring substituents is 1. The molecule has 0 bridgehead atoms. The number of aromatic nitrogens is 3. The first-order valence-electron chi connectivity index (χ1n) is 8.05. The Hall–Kier alpha value is -3.81. The van der Waals surface area contributed by atoms with Crippen molar-refractivity contribution in [2.75, 3.05) is 7.11 Å². The molecule has 8 heteroatoms. The van der Waals surface area contributed by atoms with E-state index in [1.54, 1.807) is 24.4 Å². The minimum atomic E-state index is -0.527. The highest BCUT2D eigenvalue weighted by Gasteiger charge is 2.17. The van der Waals surface area contributed by atoms with Crippen molar-refractivity contribution in [3.05, 3.63) is 87.7 Å². The second kappa shape index (κ2) is 8.05. The number of benzene rings is 2. The van der Waals surface area contributed by atoms with Crippen LogP contribution in [0.5, 0.6) is 0 Å². The third-order valence-electron chi connectivity index (χ3n) is 3.80. The van der Waals surface area contributed by atoms with E-state index in [2.05, 4.69) is 10.3 Å². The first-order valence-corrected chi connectivity index (χ1v) is 8.05. The highest BCUT2D eigenvalue weighted by molar-refractivity contribution is 6.20. The lowest BCUT2D eigenvalue weighted by molar-refractivity contribution is -0.384. The smallest absolute Gasteiger partial charge is 0.340 e. The summed E-state index contributed by atoms with van der Waals surface area (Å²) in [6, 6.07) is 15.6. The Bertz CT molecular complexity index is 996. The van der Waals surface area contributed by atoms with Crippen molar-refractivity contribution in [1.82, 2.24) is 15.0 Å². The van der Waals surface area contributed by atoms with Crippen molar-refractivity contribution in [3.8, 4) is 0 Å². The number of nitrogens with zero attached hydrogens (tertiary/aromatic N) is 4. The number of hydrogen-bond donors (Lipinski definition) is 0. The zero-order valence-electron chi connectivity index (χ0n) is 14.5. The van der Waals surface area contributed by atoms with E-state index in [0.29, 0.717) is 11.3 Å². The molecule has 0 saturated heterocycles. The quantitative estimate of drug-likeness (QED) is 0.288. The molecule has 0 aliphatic rings. The lowest BCUT2D eigenvalue weighted by Crippen LogP contribution is -2.04. The van der Waals surface area contributed by atoms with Crippen LogP contribution >= 0.6 is 0 Å². The predicted octanol–water partition coefficient (Wildman–Crippen LogP) is 2.95. The second-order valence-corrected chi connectivity index (χ2v) is 5.69.